The van der Waals surface area contributed by atoms with Gasteiger partial charge in [0.2, 0.25) is 17.7 Å². The smallest absolute Gasteiger partial charge is 0.246 e. The first kappa shape index (κ1) is 29.4. The quantitative estimate of drug-likeness (QED) is 0.316. The lowest BCUT2D eigenvalue weighted by atomic mass is 9.73. The van der Waals surface area contributed by atoms with Crippen LogP contribution in [0.15, 0.2) is 30.4 Å². The summed E-state index contributed by atoms with van der Waals surface area (Å²) in [6.45, 7) is 9.11. The molecule has 2 N–H and O–H groups in total. The molecule has 0 aromatic heterocycles. The van der Waals surface area contributed by atoms with Gasteiger partial charge in [0.15, 0.2) is 0 Å². The molecule has 1 aliphatic carbocycles. The van der Waals surface area contributed by atoms with Gasteiger partial charge in [-0.1, -0.05) is 62.0 Å². The molecule has 0 radical (unpaired) electrons. The Morgan fingerprint density at radius 2 is 1.88 bits per heavy atom. The average molecular weight is 593 g/mol. The zero-order valence-corrected chi connectivity index (χ0v) is 25.0. The van der Waals surface area contributed by atoms with Crippen molar-refractivity contribution in [2.24, 2.45) is 23.7 Å². The number of nitrogens with zero attached hydrogens (tertiary/aromatic N) is 1. The van der Waals surface area contributed by atoms with Gasteiger partial charge in [-0.25, -0.2) is 0 Å². The molecular formula is C30H39Cl2N3O5. The summed E-state index contributed by atoms with van der Waals surface area (Å²) in [5, 5.41) is 6.92. The number of halogens is 2. The van der Waals surface area contributed by atoms with Crippen LogP contribution in [0.2, 0.25) is 10.0 Å². The van der Waals surface area contributed by atoms with Gasteiger partial charge in [0.25, 0.3) is 0 Å². The fourth-order valence-corrected chi connectivity index (χ4v) is 7.49. The average Bonchev–Trinajstić information content (AvgIpc) is 3.51. The number of rotatable bonds is 9. The van der Waals surface area contributed by atoms with Gasteiger partial charge < -0.3 is 25.0 Å². The van der Waals surface area contributed by atoms with Crippen LogP contribution >= 0.6 is 23.2 Å². The van der Waals surface area contributed by atoms with Crippen molar-refractivity contribution in [2.75, 3.05) is 18.5 Å². The molecule has 10 heteroatoms. The highest BCUT2D eigenvalue weighted by molar-refractivity contribution is 6.35. The van der Waals surface area contributed by atoms with E-state index in [4.69, 9.17) is 32.7 Å². The Morgan fingerprint density at radius 1 is 1.15 bits per heavy atom. The second-order valence-corrected chi connectivity index (χ2v) is 12.9. The van der Waals surface area contributed by atoms with E-state index in [0.717, 1.165) is 19.3 Å². The molecule has 3 amide bonds. The first-order valence-corrected chi connectivity index (χ1v) is 15.1. The van der Waals surface area contributed by atoms with Crippen LogP contribution in [0.1, 0.15) is 53.4 Å². The predicted octanol–water partition coefficient (Wildman–Crippen LogP) is 4.84. The lowest BCUT2D eigenvalue weighted by Crippen LogP contribution is -2.58. The lowest BCUT2D eigenvalue weighted by Gasteiger charge is -2.38. The van der Waals surface area contributed by atoms with Crippen molar-refractivity contribution in [1.82, 2.24) is 10.2 Å². The molecular weight excluding hydrogens is 553 g/mol. The summed E-state index contributed by atoms with van der Waals surface area (Å²) in [5.41, 5.74) is -0.770. The normalized spacial score (nSPS) is 34.4. The van der Waals surface area contributed by atoms with Gasteiger partial charge in [0.1, 0.15) is 11.6 Å². The van der Waals surface area contributed by atoms with E-state index >= 15 is 0 Å². The second-order valence-electron chi connectivity index (χ2n) is 12.0. The molecule has 1 aromatic rings. The molecule has 2 bridgehead atoms. The van der Waals surface area contributed by atoms with Gasteiger partial charge in [-0.15, -0.1) is 0 Å². The molecule has 0 unspecified atom stereocenters. The molecule has 1 saturated carbocycles. The molecule has 3 fully saturated rings. The van der Waals surface area contributed by atoms with Gasteiger partial charge in [-0.05, 0) is 56.7 Å². The summed E-state index contributed by atoms with van der Waals surface area (Å²) in [4.78, 5) is 43.4. The van der Waals surface area contributed by atoms with Gasteiger partial charge in [-0.2, -0.15) is 0 Å². The van der Waals surface area contributed by atoms with Crippen molar-refractivity contribution in [1.29, 1.82) is 0 Å². The van der Waals surface area contributed by atoms with Crippen LogP contribution in [0, 0.1) is 23.7 Å². The Kier molecular flexibility index (Phi) is 8.54. The third-order valence-corrected chi connectivity index (χ3v) is 9.52. The number of carbonyl (C=O) groups is 3. The number of fused-ring (bicyclic) bond motifs is 1. The first-order chi connectivity index (χ1) is 19.0. The molecule has 3 heterocycles. The number of benzene rings is 1. The van der Waals surface area contributed by atoms with Crippen molar-refractivity contribution < 1.29 is 23.9 Å². The Balaban J connectivity index is 1.41. The van der Waals surface area contributed by atoms with Crippen LogP contribution in [0.5, 0.6) is 0 Å². The molecule has 3 aliphatic heterocycles. The summed E-state index contributed by atoms with van der Waals surface area (Å²) >= 11 is 12.3. The van der Waals surface area contributed by atoms with E-state index in [9.17, 15) is 14.4 Å². The minimum Gasteiger partial charge on any atom is -0.379 e. The molecule has 2 saturated heterocycles. The Labute approximate surface area is 246 Å². The van der Waals surface area contributed by atoms with Crippen molar-refractivity contribution in [3.05, 3.63) is 40.4 Å². The minimum atomic E-state index is -1.21. The van der Waals surface area contributed by atoms with Crippen LogP contribution in [-0.4, -0.2) is 65.7 Å². The molecule has 1 aromatic carbocycles. The van der Waals surface area contributed by atoms with Crippen LogP contribution in [0.4, 0.5) is 5.69 Å². The molecule has 8 atom stereocenters. The summed E-state index contributed by atoms with van der Waals surface area (Å²) < 4.78 is 12.1. The number of nitrogens with one attached hydrogen (secondary N) is 2. The van der Waals surface area contributed by atoms with Gasteiger partial charge in [0.05, 0.1) is 24.0 Å². The van der Waals surface area contributed by atoms with E-state index in [-0.39, 0.29) is 29.9 Å². The molecule has 1 spiro atoms. The molecule has 8 nitrogen and oxygen atoms in total. The fourth-order valence-electron chi connectivity index (χ4n) is 6.96. The predicted molar refractivity (Wildman–Crippen MR) is 154 cm³/mol. The number of carbonyl (C=O) groups excluding carboxylic acids is 3. The van der Waals surface area contributed by atoms with Crippen molar-refractivity contribution in [2.45, 2.75) is 83.3 Å². The number of likely N-dealkylation sites (tertiary alicyclic amines) is 1. The third-order valence-electron chi connectivity index (χ3n) is 9.08. The van der Waals surface area contributed by atoms with E-state index in [1.165, 1.54) is 0 Å². The highest BCUT2D eigenvalue weighted by Crippen LogP contribution is 2.55. The first-order valence-electron chi connectivity index (χ1n) is 14.4. The lowest BCUT2D eigenvalue weighted by molar-refractivity contribution is -0.142. The van der Waals surface area contributed by atoms with E-state index < -0.39 is 29.6 Å². The zero-order valence-electron chi connectivity index (χ0n) is 23.5. The van der Waals surface area contributed by atoms with Crippen molar-refractivity contribution in [3.8, 4) is 0 Å². The summed E-state index contributed by atoms with van der Waals surface area (Å²) in [6.07, 6.45) is 6.78. The van der Waals surface area contributed by atoms with Crippen LogP contribution in [0.25, 0.3) is 0 Å². The Hall–Kier alpha value is -2.13. The Bertz CT molecular complexity index is 1170. The van der Waals surface area contributed by atoms with E-state index in [0.29, 0.717) is 47.1 Å². The number of hydrogen-bond donors (Lipinski definition) is 2. The third kappa shape index (κ3) is 5.40. The summed E-state index contributed by atoms with van der Waals surface area (Å²) in [7, 11) is 0. The maximum atomic E-state index is 14.1. The molecule has 218 valence electrons. The SMILES string of the molecule is CC(C)OCCCN1C(=O)[C@H]2[C@H](C(=O)Nc3cc(Cl)cc(Cl)c3)[C@H]3C=C[C@@]2(O3)[C@@H]1C(=O)N[C@@H]1CCC[C@H](C)[C@@H]1C. The molecule has 4 aliphatic rings. The summed E-state index contributed by atoms with van der Waals surface area (Å²) in [5.74, 6) is -1.61. The van der Waals surface area contributed by atoms with Gasteiger partial charge in [-0.3, -0.25) is 14.4 Å². The monoisotopic (exact) mass is 591 g/mol. The number of anilines is 1. The largest absolute Gasteiger partial charge is 0.379 e. The molecule has 40 heavy (non-hydrogen) atoms. The zero-order chi connectivity index (χ0) is 28.8. The second kappa shape index (κ2) is 11.6. The van der Waals surface area contributed by atoms with Crippen molar-refractivity contribution >= 4 is 46.6 Å². The van der Waals surface area contributed by atoms with Crippen LogP contribution < -0.4 is 10.6 Å². The highest BCUT2D eigenvalue weighted by Gasteiger charge is 2.72. The van der Waals surface area contributed by atoms with Crippen LogP contribution in [0.3, 0.4) is 0 Å². The Morgan fingerprint density at radius 3 is 2.58 bits per heavy atom. The number of ether oxygens (including phenoxy) is 2. The van der Waals surface area contributed by atoms with E-state index in [1.807, 2.05) is 26.0 Å². The van der Waals surface area contributed by atoms with Gasteiger partial charge >= 0.3 is 0 Å². The van der Waals surface area contributed by atoms with Gasteiger partial charge in [0, 0.05) is 34.9 Å². The van der Waals surface area contributed by atoms with E-state index in [1.54, 1.807) is 23.1 Å². The maximum Gasteiger partial charge on any atom is 0.246 e. The molecule has 5 rings (SSSR count). The van der Waals surface area contributed by atoms with Crippen LogP contribution in [-0.2, 0) is 23.9 Å². The summed E-state index contributed by atoms with van der Waals surface area (Å²) in [6, 6.07) is 3.95. The maximum absolute atomic E-state index is 14.1. The standard InChI is InChI=1S/C30H39Cl2N3O5/c1-16(2)39-12-6-11-35-26(28(37)34-22-8-5-7-17(3)18(22)4)30-10-9-23(40-30)24(25(30)29(35)38)27(36)33-21-14-19(31)13-20(32)15-21/h9-10,13-18,22-26H,5-8,11-12H2,1-4H3,(H,33,36)(H,34,37)/t17-,18-,22+,23+,24+,25+,26-,30-/m0/s1. The van der Waals surface area contributed by atoms with E-state index in [2.05, 4.69) is 24.5 Å². The number of hydrogen-bond acceptors (Lipinski definition) is 5. The van der Waals surface area contributed by atoms with Crippen molar-refractivity contribution in [3.63, 3.8) is 0 Å². The number of amides is 3. The minimum absolute atomic E-state index is 0.0298. The topological polar surface area (TPSA) is 97.0 Å². The highest BCUT2D eigenvalue weighted by atomic mass is 35.5. The fraction of sp³-hybridized carbons (Fsp3) is 0.633.